The summed E-state index contributed by atoms with van der Waals surface area (Å²) in [6.45, 7) is 4.68. The van der Waals surface area contributed by atoms with E-state index in [1.165, 1.54) is 0 Å². The third kappa shape index (κ3) is 3.62. The van der Waals surface area contributed by atoms with E-state index in [9.17, 15) is 9.90 Å². The number of benzene rings is 2. The van der Waals surface area contributed by atoms with Crippen LogP contribution in [-0.4, -0.2) is 48.7 Å². The first-order valence-corrected chi connectivity index (χ1v) is 8.14. The first-order valence-electron chi connectivity index (χ1n) is 8.14. The van der Waals surface area contributed by atoms with Gasteiger partial charge in [0.25, 0.3) is 5.91 Å². The Bertz CT molecular complexity index is 709. The van der Waals surface area contributed by atoms with Crippen molar-refractivity contribution in [2.45, 2.75) is 6.92 Å². The highest BCUT2D eigenvalue weighted by atomic mass is 16.5. The fraction of sp³-hybridized carbons (Fsp3) is 0.316. The van der Waals surface area contributed by atoms with Gasteiger partial charge >= 0.3 is 0 Å². The van der Waals surface area contributed by atoms with Crippen LogP contribution in [-0.2, 0) is 4.79 Å². The summed E-state index contributed by atoms with van der Waals surface area (Å²) in [4.78, 5) is 16.2. The molecular weight excluding hydrogens is 304 g/mol. The summed E-state index contributed by atoms with van der Waals surface area (Å²) in [5.41, 5.74) is 1.84. The van der Waals surface area contributed by atoms with Crippen molar-refractivity contribution in [1.29, 1.82) is 0 Å². The number of hydrogen-bond acceptors (Lipinski definition) is 4. The van der Waals surface area contributed by atoms with Gasteiger partial charge in [-0.25, -0.2) is 0 Å². The van der Waals surface area contributed by atoms with Crippen LogP contribution in [0.4, 0.5) is 5.69 Å². The van der Waals surface area contributed by atoms with Gasteiger partial charge in [-0.15, -0.1) is 0 Å². The molecule has 1 heterocycles. The molecule has 3 rings (SSSR count). The molecule has 5 nitrogen and oxygen atoms in total. The van der Waals surface area contributed by atoms with Crippen LogP contribution in [0.25, 0.3) is 0 Å². The van der Waals surface area contributed by atoms with Gasteiger partial charge in [-0.05, 0) is 30.7 Å². The van der Waals surface area contributed by atoms with Crippen molar-refractivity contribution in [3.8, 4) is 11.5 Å². The number of nitrogens with zero attached hydrogens (tertiary/aromatic N) is 2. The zero-order valence-electron chi connectivity index (χ0n) is 13.8. The highest BCUT2D eigenvalue weighted by Gasteiger charge is 2.22. The molecule has 0 unspecified atom stereocenters. The lowest BCUT2D eigenvalue weighted by molar-refractivity contribution is -0.133. The number of amides is 1. The number of rotatable bonds is 4. The molecule has 0 spiro atoms. The summed E-state index contributed by atoms with van der Waals surface area (Å²) in [5, 5.41) is 9.93. The first kappa shape index (κ1) is 16.2. The fourth-order valence-corrected chi connectivity index (χ4v) is 2.88. The van der Waals surface area contributed by atoms with E-state index >= 15 is 0 Å². The maximum absolute atomic E-state index is 12.3. The normalized spacial score (nSPS) is 14.5. The summed E-state index contributed by atoms with van der Waals surface area (Å²) in [7, 11) is 0. The number of carbonyl (C=O) groups excluding carboxylic acids is 1. The van der Waals surface area contributed by atoms with Gasteiger partial charge < -0.3 is 19.6 Å². The van der Waals surface area contributed by atoms with Crippen molar-refractivity contribution in [3.05, 3.63) is 54.1 Å². The van der Waals surface area contributed by atoms with Crippen LogP contribution in [0.3, 0.4) is 0 Å². The number of aryl methyl sites for hydroxylation is 1. The average Bonchev–Trinajstić information content (AvgIpc) is 2.61. The van der Waals surface area contributed by atoms with Gasteiger partial charge in [-0.2, -0.15) is 0 Å². The van der Waals surface area contributed by atoms with Gasteiger partial charge in [-0.1, -0.05) is 30.3 Å². The van der Waals surface area contributed by atoms with Crippen LogP contribution in [0.15, 0.2) is 48.5 Å². The molecule has 0 atom stereocenters. The number of ether oxygens (including phenoxy) is 1. The minimum absolute atomic E-state index is 0.00446. The number of phenols is 1. The SMILES string of the molecule is Cc1ccccc1OCC(=O)N1CCN(c2ccccc2O)CC1. The highest BCUT2D eigenvalue weighted by Crippen LogP contribution is 2.27. The summed E-state index contributed by atoms with van der Waals surface area (Å²) in [5.74, 6) is 1.02. The number of para-hydroxylation sites is 3. The molecule has 126 valence electrons. The van der Waals surface area contributed by atoms with E-state index in [0.717, 1.165) is 17.0 Å². The zero-order valence-corrected chi connectivity index (χ0v) is 13.8. The van der Waals surface area contributed by atoms with Crippen LogP contribution in [0, 0.1) is 6.92 Å². The molecule has 0 saturated carbocycles. The Morgan fingerprint density at radius 1 is 1.04 bits per heavy atom. The van der Waals surface area contributed by atoms with Crippen LogP contribution < -0.4 is 9.64 Å². The molecule has 1 N–H and O–H groups in total. The molecule has 5 heteroatoms. The van der Waals surface area contributed by atoms with Crippen molar-refractivity contribution in [3.63, 3.8) is 0 Å². The van der Waals surface area contributed by atoms with Gasteiger partial charge in [0, 0.05) is 26.2 Å². The fourth-order valence-electron chi connectivity index (χ4n) is 2.88. The number of piperazine rings is 1. The second-order valence-corrected chi connectivity index (χ2v) is 5.91. The second kappa shape index (κ2) is 7.25. The standard InChI is InChI=1S/C19H22N2O3/c1-15-6-2-5-9-18(15)24-14-19(23)21-12-10-20(11-13-21)16-7-3-4-8-17(16)22/h2-9,22H,10-14H2,1H3. The molecule has 1 saturated heterocycles. The largest absolute Gasteiger partial charge is 0.506 e. The Labute approximate surface area is 142 Å². The van der Waals surface area contributed by atoms with Crippen molar-refractivity contribution in [2.75, 3.05) is 37.7 Å². The van der Waals surface area contributed by atoms with Gasteiger partial charge in [0.15, 0.2) is 6.61 Å². The third-order valence-electron chi connectivity index (χ3n) is 4.30. The number of hydrogen-bond donors (Lipinski definition) is 1. The number of anilines is 1. The molecule has 1 amide bonds. The average molecular weight is 326 g/mol. The smallest absolute Gasteiger partial charge is 0.260 e. The van der Waals surface area contributed by atoms with Crippen LogP contribution in [0.5, 0.6) is 11.5 Å². The van der Waals surface area contributed by atoms with Crippen molar-refractivity contribution < 1.29 is 14.6 Å². The van der Waals surface area contributed by atoms with E-state index in [-0.39, 0.29) is 18.3 Å². The van der Waals surface area contributed by atoms with E-state index in [1.54, 1.807) is 6.07 Å². The molecular formula is C19H22N2O3. The Kier molecular flexibility index (Phi) is 4.89. The lowest BCUT2D eigenvalue weighted by atomic mass is 10.2. The van der Waals surface area contributed by atoms with Crippen LogP contribution >= 0.6 is 0 Å². The molecule has 2 aromatic rings. The molecule has 1 aliphatic rings. The number of carbonyl (C=O) groups is 1. The summed E-state index contributed by atoms with van der Waals surface area (Å²) in [6, 6.07) is 15.0. The van der Waals surface area contributed by atoms with Gasteiger partial charge in [-0.3, -0.25) is 4.79 Å². The van der Waals surface area contributed by atoms with E-state index in [2.05, 4.69) is 4.90 Å². The van der Waals surface area contributed by atoms with Crippen LogP contribution in [0.1, 0.15) is 5.56 Å². The predicted molar refractivity (Wildman–Crippen MR) is 93.6 cm³/mol. The quantitative estimate of drug-likeness (QED) is 0.937. The maximum Gasteiger partial charge on any atom is 0.260 e. The zero-order chi connectivity index (χ0) is 16.9. The second-order valence-electron chi connectivity index (χ2n) is 5.91. The summed E-state index contributed by atoms with van der Waals surface area (Å²) in [6.07, 6.45) is 0. The minimum Gasteiger partial charge on any atom is -0.506 e. The molecule has 24 heavy (non-hydrogen) atoms. The molecule has 2 aromatic carbocycles. The number of phenolic OH excluding ortho intramolecular Hbond substituents is 1. The monoisotopic (exact) mass is 326 g/mol. The maximum atomic E-state index is 12.3. The van der Waals surface area contributed by atoms with Gasteiger partial charge in [0.1, 0.15) is 11.5 Å². The van der Waals surface area contributed by atoms with Crippen molar-refractivity contribution in [1.82, 2.24) is 4.90 Å². The molecule has 0 aliphatic carbocycles. The summed E-state index contributed by atoms with van der Waals surface area (Å²) < 4.78 is 5.64. The third-order valence-corrected chi connectivity index (χ3v) is 4.30. The Balaban J connectivity index is 1.52. The molecule has 0 aromatic heterocycles. The molecule has 1 fully saturated rings. The number of aromatic hydroxyl groups is 1. The van der Waals surface area contributed by atoms with Crippen molar-refractivity contribution in [2.24, 2.45) is 0 Å². The van der Waals surface area contributed by atoms with Crippen molar-refractivity contribution >= 4 is 11.6 Å². The summed E-state index contributed by atoms with van der Waals surface area (Å²) >= 11 is 0. The van der Waals surface area contributed by atoms with E-state index in [1.807, 2.05) is 54.3 Å². The van der Waals surface area contributed by atoms with E-state index in [0.29, 0.717) is 26.2 Å². The highest BCUT2D eigenvalue weighted by molar-refractivity contribution is 5.78. The Morgan fingerprint density at radius 3 is 2.42 bits per heavy atom. The van der Waals surface area contributed by atoms with E-state index in [4.69, 9.17) is 4.74 Å². The molecule has 0 radical (unpaired) electrons. The Morgan fingerprint density at radius 2 is 1.71 bits per heavy atom. The topological polar surface area (TPSA) is 53.0 Å². The lowest BCUT2D eigenvalue weighted by Crippen LogP contribution is -2.50. The van der Waals surface area contributed by atoms with Crippen LogP contribution in [0.2, 0.25) is 0 Å². The van der Waals surface area contributed by atoms with Gasteiger partial charge in [0.05, 0.1) is 5.69 Å². The molecule has 1 aliphatic heterocycles. The molecule has 0 bridgehead atoms. The minimum atomic E-state index is -0.00446. The first-order chi connectivity index (χ1) is 11.6. The Hall–Kier alpha value is -2.69. The van der Waals surface area contributed by atoms with E-state index < -0.39 is 0 Å². The lowest BCUT2D eigenvalue weighted by Gasteiger charge is -2.36. The predicted octanol–water partition coefficient (Wildman–Crippen LogP) is 2.43. The van der Waals surface area contributed by atoms with Gasteiger partial charge in [0.2, 0.25) is 0 Å².